The van der Waals surface area contributed by atoms with E-state index < -0.39 is 0 Å². The van der Waals surface area contributed by atoms with Crippen LogP contribution in [0.1, 0.15) is 42.4 Å². The minimum atomic E-state index is -0.174. The van der Waals surface area contributed by atoms with Crippen LogP contribution in [0.5, 0.6) is 0 Å². The van der Waals surface area contributed by atoms with E-state index in [1.54, 1.807) is 0 Å². The Kier molecular flexibility index (Phi) is 7.10. The summed E-state index contributed by atoms with van der Waals surface area (Å²) in [5.74, 6) is 0.637. The van der Waals surface area contributed by atoms with Crippen molar-refractivity contribution in [3.63, 3.8) is 0 Å². The molecule has 0 bridgehead atoms. The summed E-state index contributed by atoms with van der Waals surface area (Å²) < 4.78 is 0. The van der Waals surface area contributed by atoms with Gasteiger partial charge in [-0.15, -0.1) is 0 Å². The second-order valence-corrected chi connectivity index (χ2v) is 9.22. The van der Waals surface area contributed by atoms with Gasteiger partial charge in [0.25, 0.3) is 0 Å². The van der Waals surface area contributed by atoms with Crippen LogP contribution in [0.4, 0.5) is 0 Å². The zero-order chi connectivity index (χ0) is 22.4. The van der Waals surface area contributed by atoms with Gasteiger partial charge < -0.3 is 16.4 Å². The fraction of sp³-hybridized carbons (Fsp3) is 0.462. The van der Waals surface area contributed by atoms with Gasteiger partial charge in [0.1, 0.15) is 0 Å². The maximum absolute atomic E-state index is 11.6. The Balaban J connectivity index is 1.28. The number of likely N-dealkylation sites (tertiary alicyclic amines) is 1. The number of primary amides is 1. The molecule has 4 rings (SSSR count). The third-order valence-electron chi connectivity index (χ3n) is 6.82. The van der Waals surface area contributed by atoms with Crippen molar-refractivity contribution in [2.75, 3.05) is 26.7 Å². The SMILES string of the molecule is CN=C(NCc1cccc(CN2CCCC(C(N)=O)C2)c1)NCC1(c2ccccc2)CC1. The molecule has 1 heterocycles. The van der Waals surface area contributed by atoms with E-state index in [-0.39, 0.29) is 17.2 Å². The number of nitrogens with two attached hydrogens (primary N) is 1. The summed E-state index contributed by atoms with van der Waals surface area (Å²) in [6.45, 7) is 4.25. The van der Waals surface area contributed by atoms with Crippen molar-refractivity contribution >= 4 is 11.9 Å². The van der Waals surface area contributed by atoms with Crippen LogP contribution in [-0.2, 0) is 23.3 Å². The number of rotatable bonds is 8. The van der Waals surface area contributed by atoms with Gasteiger partial charge in [-0.3, -0.25) is 14.7 Å². The molecule has 4 N–H and O–H groups in total. The van der Waals surface area contributed by atoms with E-state index in [0.29, 0.717) is 0 Å². The van der Waals surface area contributed by atoms with E-state index in [9.17, 15) is 4.79 Å². The Morgan fingerprint density at radius 2 is 1.91 bits per heavy atom. The maximum Gasteiger partial charge on any atom is 0.221 e. The lowest BCUT2D eigenvalue weighted by Crippen LogP contribution is -2.41. The molecular formula is C26H35N5O. The summed E-state index contributed by atoms with van der Waals surface area (Å²) in [6.07, 6.45) is 4.38. The topological polar surface area (TPSA) is 82.8 Å². The second-order valence-electron chi connectivity index (χ2n) is 9.22. The van der Waals surface area contributed by atoms with Gasteiger partial charge in [-0.1, -0.05) is 54.6 Å². The average Bonchev–Trinajstić information content (AvgIpc) is 3.61. The molecule has 0 aromatic heterocycles. The highest BCUT2D eigenvalue weighted by Gasteiger charge is 2.44. The second kappa shape index (κ2) is 10.2. The highest BCUT2D eigenvalue weighted by molar-refractivity contribution is 5.79. The highest BCUT2D eigenvalue weighted by atomic mass is 16.1. The van der Waals surface area contributed by atoms with Crippen molar-refractivity contribution in [2.24, 2.45) is 16.6 Å². The first-order valence-corrected chi connectivity index (χ1v) is 11.7. The van der Waals surface area contributed by atoms with E-state index in [2.05, 4.69) is 75.1 Å². The van der Waals surface area contributed by atoms with Crippen LogP contribution < -0.4 is 16.4 Å². The number of nitrogens with zero attached hydrogens (tertiary/aromatic N) is 2. The first-order valence-electron chi connectivity index (χ1n) is 11.7. The van der Waals surface area contributed by atoms with Crippen molar-refractivity contribution in [1.29, 1.82) is 0 Å². The van der Waals surface area contributed by atoms with Gasteiger partial charge in [0, 0.05) is 38.6 Å². The number of hydrogen-bond donors (Lipinski definition) is 3. The minimum Gasteiger partial charge on any atom is -0.369 e. The number of carbonyl (C=O) groups excluding carboxylic acids is 1. The molecule has 2 fully saturated rings. The van der Waals surface area contributed by atoms with Gasteiger partial charge in [0.05, 0.1) is 5.92 Å². The fourth-order valence-corrected chi connectivity index (χ4v) is 4.70. The Hall–Kier alpha value is -2.86. The minimum absolute atomic E-state index is 0.0198. The van der Waals surface area contributed by atoms with Crippen molar-refractivity contribution in [1.82, 2.24) is 15.5 Å². The molecule has 1 aliphatic carbocycles. The van der Waals surface area contributed by atoms with Gasteiger partial charge in [-0.2, -0.15) is 0 Å². The summed E-state index contributed by atoms with van der Waals surface area (Å²) in [4.78, 5) is 18.3. The largest absolute Gasteiger partial charge is 0.369 e. The Labute approximate surface area is 191 Å². The lowest BCUT2D eigenvalue weighted by molar-refractivity contribution is -0.123. The molecule has 1 unspecified atom stereocenters. The molecule has 170 valence electrons. The van der Waals surface area contributed by atoms with Crippen LogP contribution in [0.15, 0.2) is 59.6 Å². The molecule has 1 saturated carbocycles. The number of hydrogen-bond acceptors (Lipinski definition) is 3. The fourth-order valence-electron chi connectivity index (χ4n) is 4.70. The van der Waals surface area contributed by atoms with Crippen LogP contribution in [0.25, 0.3) is 0 Å². The predicted octanol–water partition coefficient (Wildman–Crippen LogP) is 2.78. The number of guanidine groups is 1. The Morgan fingerprint density at radius 1 is 1.12 bits per heavy atom. The molecule has 1 amide bonds. The quantitative estimate of drug-likeness (QED) is 0.442. The number of amides is 1. The molecule has 2 aliphatic rings. The first-order chi connectivity index (χ1) is 15.6. The van der Waals surface area contributed by atoms with Gasteiger partial charge in [-0.25, -0.2) is 0 Å². The standard InChI is InChI=1S/C26H35N5O/c1-28-25(30-19-26(12-13-26)23-10-3-2-4-11-23)29-16-20-7-5-8-21(15-20)17-31-14-6-9-22(18-31)24(27)32/h2-5,7-8,10-11,15,22H,6,9,12-14,16-19H2,1H3,(H2,27,32)(H2,28,29,30). The van der Waals surface area contributed by atoms with E-state index in [1.807, 2.05) is 7.05 Å². The molecule has 32 heavy (non-hydrogen) atoms. The van der Waals surface area contributed by atoms with Crippen molar-refractivity contribution < 1.29 is 4.79 Å². The predicted molar refractivity (Wildman–Crippen MR) is 129 cm³/mol. The Morgan fingerprint density at radius 3 is 2.62 bits per heavy atom. The van der Waals surface area contributed by atoms with Crippen molar-refractivity contribution in [2.45, 2.75) is 44.2 Å². The number of piperidine rings is 1. The van der Waals surface area contributed by atoms with Crippen LogP contribution in [0.3, 0.4) is 0 Å². The smallest absolute Gasteiger partial charge is 0.221 e. The van der Waals surface area contributed by atoms with E-state index in [0.717, 1.165) is 51.5 Å². The van der Waals surface area contributed by atoms with Gasteiger partial charge in [0.2, 0.25) is 5.91 Å². The number of benzene rings is 2. The first kappa shape index (κ1) is 22.3. The zero-order valence-corrected chi connectivity index (χ0v) is 19.0. The average molecular weight is 434 g/mol. The van der Waals surface area contributed by atoms with E-state index in [1.165, 1.54) is 29.5 Å². The van der Waals surface area contributed by atoms with Crippen LogP contribution in [0, 0.1) is 5.92 Å². The molecule has 1 aliphatic heterocycles. The normalized spacial score (nSPS) is 20.5. The van der Waals surface area contributed by atoms with E-state index >= 15 is 0 Å². The number of nitrogens with one attached hydrogen (secondary N) is 2. The lowest BCUT2D eigenvalue weighted by Gasteiger charge is -2.31. The van der Waals surface area contributed by atoms with E-state index in [4.69, 9.17) is 5.73 Å². The van der Waals surface area contributed by atoms with Crippen molar-refractivity contribution in [3.05, 3.63) is 71.3 Å². The third-order valence-corrected chi connectivity index (χ3v) is 6.82. The number of aliphatic imine (C=N–C) groups is 1. The third kappa shape index (κ3) is 5.68. The van der Waals surface area contributed by atoms with Crippen molar-refractivity contribution in [3.8, 4) is 0 Å². The molecule has 0 spiro atoms. The summed E-state index contributed by atoms with van der Waals surface area (Å²) in [6, 6.07) is 19.4. The molecule has 2 aromatic rings. The monoisotopic (exact) mass is 433 g/mol. The molecule has 1 atom stereocenters. The van der Waals surface area contributed by atoms with Gasteiger partial charge >= 0.3 is 0 Å². The molecule has 0 radical (unpaired) electrons. The number of carbonyl (C=O) groups is 1. The van der Waals surface area contributed by atoms with Crippen LogP contribution in [-0.4, -0.2) is 43.4 Å². The summed E-state index contributed by atoms with van der Waals surface area (Å²) in [7, 11) is 1.82. The Bertz CT molecular complexity index is 938. The zero-order valence-electron chi connectivity index (χ0n) is 19.0. The molecule has 6 heteroatoms. The molecule has 2 aromatic carbocycles. The van der Waals surface area contributed by atoms with Gasteiger partial charge in [-0.05, 0) is 48.9 Å². The molecule has 6 nitrogen and oxygen atoms in total. The maximum atomic E-state index is 11.6. The van der Waals surface area contributed by atoms with Crippen LogP contribution in [0.2, 0.25) is 0 Å². The van der Waals surface area contributed by atoms with Gasteiger partial charge in [0.15, 0.2) is 5.96 Å². The van der Waals surface area contributed by atoms with Crippen LogP contribution >= 0.6 is 0 Å². The molecule has 1 saturated heterocycles. The highest BCUT2D eigenvalue weighted by Crippen LogP contribution is 2.47. The summed E-state index contributed by atoms with van der Waals surface area (Å²) in [5.41, 5.74) is 9.66. The summed E-state index contributed by atoms with van der Waals surface area (Å²) >= 11 is 0. The molecular weight excluding hydrogens is 398 g/mol. The lowest BCUT2D eigenvalue weighted by atomic mass is 9.96. The summed E-state index contributed by atoms with van der Waals surface area (Å²) in [5, 5.41) is 6.98.